The number of aliphatic hydroxyl groups excluding tert-OH is 1. The zero-order chi connectivity index (χ0) is 35.0. The van der Waals surface area contributed by atoms with E-state index in [1.165, 1.54) is 40.9 Å². The number of alkyl halides is 3. The topological polar surface area (TPSA) is 133 Å². The lowest BCUT2D eigenvalue weighted by Gasteiger charge is -2.36. The van der Waals surface area contributed by atoms with Crippen LogP contribution in [0.15, 0.2) is 125 Å². The maximum atomic E-state index is 13.7. The van der Waals surface area contributed by atoms with Gasteiger partial charge in [-0.1, -0.05) is 43.0 Å². The summed E-state index contributed by atoms with van der Waals surface area (Å²) >= 11 is 0. The number of methoxy groups -OCH3 is 1. The third kappa shape index (κ3) is 7.21. The molecule has 0 radical (unpaired) electrons. The summed E-state index contributed by atoms with van der Waals surface area (Å²) in [6.07, 6.45) is 5.84. The van der Waals surface area contributed by atoms with Crippen LogP contribution in [0, 0.1) is 11.3 Å². The number of nitrogens with zero attached hydrogens (tertiary/aromatic N) is 6. The SMILES string of the molecule is C=C/C(C#N)=C\C=C(/CC[n+]1ccn(-c2ccccc2)c1)[C@@H]1C(C(=O)OC)=C(C)N(c2cccc(C(F)(F)F)c2)c2n[nH]c(=O)n21.CO. The minimum Gasteiger partial charge on any atom is -0.466 e. The van der Waals surface area contributed by atoms with E-state index in [0.717, 1.165) is 24.9 Å². The summed E-state index contributed by atoms with van der Waals surface area (Å²) < 4.78 is 51.2. The molecule has 0 bridgehead atoms. The molecular formula is C34H33F3N7O4+. The Morgan fingerprint density at radius 1 is 1.17 bits per heavy atom. The number of aromatic nitrogens is 5. The molecule has 48 heavy (non-hydrogen) atoms. The molecule has 0 spiro atoms. The first-order valence-corrected chi connectivity index (χ1v) is 14.5. The number of hydrogen-bond donors (Lipinski definition) is 2. The van der Waals surface area contributed by atoms with E-state index in [9.17, 15) is 28.0 Å². The third-order valence-corrected chi connectivity index (χ3v) is 7.56. The van der Waals surface area contributed by atoms with E-state index in [0.29, 0.717) is 12.1 Å². The molecule has 5 rings (SSSR count). The number of esters is 1. The van der Waals surface area contributed by atoms with E-state index in [4.69, 9.17) is 9.84 Å². The Labute approximate surface area is 274 Å². The van der Waals surface area contributed by atoms with Crippen molar-refractivity contribution in [3.8, 4) is 11.8 Å². The summed E-state index contributed by atoms with van der Waals surface area (Å²) in [6, 6.07) is 15.1. The zero-order valence-corrected chi connectivity index (χ0v) is 26.3. The number of carbonyl (C=O) groups excluding carboxylic acids is 1. The molecule has 0 saturated heterocycles. The normalized spacial score (nSPS) is 14.9. The summed E-state index contributed by atoms with van der Waals surface area (Å²) in [4.78, 5) is 28.2. The first-order valence-electron chi connectivity index (χ1n) is 14.5. The van der Waals surface area contributed by atoms with Gasteiger partial charge in [-0.3, -0.25) is 4.90 Å². The molecular weight excluding hydrogens is 627 g/mol. The van der Waals surface area contributed by atoms with E-state index < -0.39 is 29.4 Å². The maximum absolute atomic E-state index is 13.7. The number of H-pyrrole nitrogens is 1. The van der Waals surface area contributed by atoms with E-state index in [-0.39, 0.29) is 34.9 Å². The highest BCUT2D eigenvalue weighted by Gasteiger charge is 2.41. The minimum atomic E-state index is -4.63. The second-order valence-electron chi connectivity index (χ2n) is 10.3. The first kappa shape index (κ1) is 34.9. The number of carbonyl (C=O) groups is 1. The van der Waals surface area contributed by atoms with Crippen LogP contribution >= 0.6 is 0 Å². The van der Waals surface area contributed by atoms with Gasteiger partial charge in [0.2, 0.25) is 12.3 Å². The number of hydrogen-bond acceptors (Lipinski definition) is 7. The van der Waals surface area contributed by atoms with Gasteiger partial charge in [0.15, 0.2) is 0 Å². The fraction of sp³-hybridized carbons (Fsp3) is 0.206. The fourth-order valence-corrected chi connectivity index (χ4v) is 5.33. The predicted octanol–water partition coefficient (Wildman–Crippen LogP) is 5.07. The van der Waals surface area contributed by atoms with E-state index in [1.807, 2.05) is 64.3 Å². The van der Waals surface area contributed by atoms with Crippen LogP contribution in [0.2, 0.25) is 0 Å². The van der Waals surface area contributed by atoms with Crippen molar-refractivity contribution in [2.75, 3.05) is 19.1 Å². The van der Waals surface area contributed by atoms with Crippen molar-refractivity contribution in [3.05, 3.63) is 137 Å². The van der Waals surface area contributed by atoms with Gasteiger partial charge in [0.1, 0.15) is 18.1 Å². The lowest BCUT2D eigenvalue weighted by molar-refractivity contribution is -0.695. The summed E-state index contributed by atoms with van der Waals surface area (Å²) in [5, 5.41) is 23.1. The molecule has 0 amide bonds. The summed E-state index contributed by atoms with van der Waals surface area (Å²) in [7, 11) is 2.18. The molecule has 0 fully saturated rings. The number of para-hydroxylation sites is 1. The van der Waals surface area contributed by atoms with Crippen LogP contribution in [-0.4, -0.2) is 44.6 Å². The monoisotopic (exact) mass is 660 g/mol. The van der Waals surface area contributed by atoms with Gasteiger partial charge in [-0.05, 0) is 48.9 Å². The van der Waals surface area contributed by atoms with E-state index >= 15 is 0 Å². The summed E-state index contributed by atoms with van der Waals surface area (Å²) in [6.45, 7) is 5.61. The molecule has 1 aliphatic rings. The van der Waals surface area contributed by atoms with Crippen molar-refractivity contribution in [2.45, 2.75) is 32.1 Å². The average molecular weight is 661 g/mol. The number of halogens is 3. The molecule has 0 saturated carbocycles. The summed E-state index contributed by atoms with van der Waals surface area (Å²) in [5.41, 5.74) is 0.367. The number of nitrogens with one attached hydrogen (secondary N) is 1. The standard InChI is InChI=1S/C33H28F3N7O3.CH4O/c1-4-23(20-37)13-14-24(15-16-40-17-18-41(21-40)26-10-6-5-7-11-26)29-28(30(44)46-3)22(2)42(31-38-39-32(45)43(29)31)27-12-8-9-25(19-27)33(34,35)36;1-2/h4-14,17-19,21,29H,1,15-16H2,2-3H3;2H,1H3/p+1/b23-13+,24-14+;/t29-;/m1./s1. The van der Waals surface area contributed by atoms with Gasteiger partial charge in [0.05, 0.1) is 42.5 Å². The molecule has 248 valence electrons. The van der Waals surface area contributed by atoms with Gasteiger partial charge in [0.25, 0.3) is 0 Å². The Hall–Kier alpha value is -5.94. The van der Waals surface area contributed by atoms with Crippen LogP contribution < -0.4 is 15.2 Å². The number of aryl methyl sites for hydroxylation is 1. The summed E-state index contributed by atoms with van der Waals surface area (Å²) in [5.74, 6) is -0.818. The van der Waals surface area contributed by atoms with Gasteiger partial charge >= 0.3 is 17.8 Å². The van der Waals surface area contributed by atoms with Gasteiger partial charge in [-0.2, -0.15) is 18.4 Å². The highest BCUT2D eigenvalue weighted by molar-refractivity contribution is 5.93. The van der Waals surface area contributed by atoms with Gasteiger partial charge < -0.3 is 9.84 Å². The smallest absolute Gasteiger partial charge is 0.416 e. The van der Waals surface area contributed by atoms with Gasteiger partial charge in [0, 0.05) is 24.9 Å². The lowest BCUT2D eigenvalue weighted by atomic mass is 9.91. The first-order chi connectivity index (χ1) is 23.1. The molecule has 0 unspecified atom stereocenters. The number of benzene rings is 2. The van der Waals surface area contributed by atoms with Crippen molar-refractivity contribution in [1.82, 2.24) is 19.3 Å². The molecule has 14 heteroatoms. The minimum absolute atomic E-state index is 0.0135. The number of aliphatic hydroxyl groups is 1. The zero-order valence-electron chi connectivity index (χ0n) is 26.3. The van der Waals surface area contributed by atoms with Crippen LogP contribution in [0.25, 0.3) is 5.69 Å². The number of fused-ring (bicyclic) bond motifs is 1. The number of rotatable bonds is 9. The van der Waals surface area contributed by atoms with Gasteiger partial charge in [-0.15, -0.1) is 5.10 Å². The van der Waals surface area contributed by atoms with Crippen molar-refractivity contribution in [3.63, 3.8) is 0 Å². The highest BCUT2D eigenvalue weighted by Crippen LogP contribution is 2.43. The molecule has 1 aliphatic heterocycles. The quantitative estimate of drug-likeness (QED) is 0.111. The van der Waals surface area contributed by atoms with E-state index in [2.05, 4.69) is 16.8 Å². The second-order valence-corrected chi connectivity index (χ2v) is 10.3. The highest BCUT2D eigenvalue weighted by atomic mass is 19.4. The average Bonchev–Trinajstić information content (AvgIpc) is 3.73. The Morgan fingerprint density at radius 2 is 1.88 bits per heavy atom. The molecule has 1 atom stereocenters. The largest absolute Gasteiger partial charge is 0.466 e. The Bertz CT molecular complexity index is 1980. The molecule has 2 N–H and O–H groups in total. The molecule has 2 aromatic carbocycles. The van der Waals surface area contributed by atoms with Crippen molar-refractivity contribution >= 4 is 17.6 Å². The van der Waals surface area contributed by atoms with Crippen LogP contribution in [0.4, 0.5) is 24.8 Å². The third-order valence-electron chi connectivity index (χ3n) is 7.56. The fourth-order valence-electron chi connectivity index (χ4n) is 5.33. The second kappa shape index (κ2) is 15.1. The molecule has 4 aromatic rings. The number of ether oxygens (including phenoxy) is 1. The Kier molecular flexibility index (Phi) is 11.0. The lowest BCUT2D eigenvalue weighted by Crippen LogP contribution is -2.39. The Balaban J connectivity index is 0.00000255. The van der Waals surface area contributed by atoms with Crippen molar-refractivity contribution in [1.29, 1.82) is 5.26 Å². The van der Waals surface area contributed by atoms with Crippen molar-refractivity contribution < 1.29 is 32.4 Å². The number of aromatic amines is 1. The molecule has 2 aromatic heterocycles. The molecule has 0 aliphatic carbocycles. The van der Waals surface area contributed by atoms with Crippen LogP contribution in [-0.2, 0) is 22.3 Å². The van der Waals surface area contributed by atoms with Crippen molar-refractivity contribution in [2.24, 2.45) is 0 Å². The number of anilines is 2. The number of imidazole rings is 1. The van der Waals surface area contributed by atoms with Crippen LogP contribution in [0.5, 0.6) is 0 Å². The van der Waals surface area contributed by atoms with Crippen LogP contribution in [0.1, 0.15) is 24.9 Å². The number of allylic oxidation sites excluding steroid dienone is 6. The Morgan fingerprint density at radius 3 is 2.52 bits per heavy atom. The van der Waals surface area contributed by atoms with E-state index in [1.54, 1.807) is 13.0 Å². The van der Waals surface area contributed by atoms with Crippen LogP contribution in [0.3, 0.4) is 0 Å². The molecule has 3 heterocycles. The molecule has 11 nitrogen and oxygen atoms in total. The van der Waals surface area contributed by atoms with Gasteiger partial charge in [-0.25, -0.2) is 28.4 Å². The maximum Gasteiger partial charge on any atom is 0.416 e. The predicted molar refractivity (Wildman–Crippen MR) is 171 cm³/mol. The number of nitriles is 1.